The fraction of sp³-hybridized carbons (Fsp3) is 0.0400. The summed E-state index contributed by atoms with van der Waals surface area (Å²) in [6.07, 6.45) is 1.80. The number of rotatable bonds is 6. The molecule has 1 atom stereocenters. The normalized spacial score (nSPS) is 14.0. The Morgan fingerprint density at radius 1 is 0.655 bits per heavy atom. The number of nitrogens with zero attached hydrogens (tertiary/aromatic N) is 3. The molecule has 0 fully saturated rings. The Hall–Kier alpha value is -6.35. The van der Waals surface area contributed by atoms with Gasteiger partial charge in [0, 0.05) is 48.7 Å². The molecule has 266 valence electrons. The minimum Gasteiger partial charge on any atom is -0.507 e. The number of imidazole rings is 1. The number of hydrogen-bond donors (Lipinski definition) is 1. The Labute approximate surface area is 338 Å². The fourth-order valence-electron chi connectivity index (χ4n) is 8.01. The second-order valence-corrected chi connectivity index (χ2v) is 13.6. The van der Waals surface area contributed by atoms with Gasteiger partial charge in [0.15, 0.2) is 0 Å². The van der Waals surface area contributed by atoms with Gasteiger partial charge < -0.3 is 5.11 Å². The summed E-state index contributed by atoms with van der Waals surface area (Å²) < 4.78 is 25.6. The standard InChI is InChI=1S/C50H34N3O.Pt/c1-32-23-25-33(26-24-32)35-27-28-51-44(31-35)36-29-42(48-39-18-9-8-17-38(39)47(43(48)30-36)34-13-4-2-5-14-34)40-20-12-21-45-49(40)52-50(41-19-10-11-22-46(41)54)53(45)37-15-6-3-7-16-37;/h2-28,30-31,47,54H,1H3;/q-1;/i1D3;. The molecule has 2 heterocycles. The largest absolute Gasteiger partial charge is 0.507 e. The van der Waals surface area contributed by atoms with E-state index in [0.29, 0.717) is 17.0 Å². The zero-order valence-corrected chi connectivity index (χ0v) is 31.7. The third kappa shape index (κ3) is 5.91. The molecule has 1 unspecified atom stereocenters. The number of phenolic OH excluding ortho intramolecular Hbond substituents is 1. The number of aromatic nitrogens is 3. The van der Waals surface area contributed by atoms with Crippen LogP contribution in [0.25, 0.3) is 72.7 Å². The van der Waals surface area contributed by atoms with Crippen molar-refractivity contribution in [2.24, 2.45) is 0 Å². The average molecular weight is 891 g/mol. The van der Waals surface area contributed by atoms with Crippen molar-refractivity contribution < 1.29 is 30.3 Å². The SMILES string of the molecule is [2H]C([2H])([2H])c1ccc(-c2ccnc(-c3[c-]c(-c4cccc5c4nc(-c4ccccc4O)n5-c4ccccc4)c4c(c3)C(c3ccccc3)c3ccccc3-4)c2)cc1.[Pt]. The first-order chi connectivity index (χ1) is 27.8. The van der Waals surface area contributed by atoms with Gasteiger partial charge in [0.25, 0.3) is 0 Å². The van der Waals surface area contributed by atoms with Gasteiger partial charge in [-0.15, -0.1) is 17.7 Å². The molecule has 7 aromatic carbocycles. The number of aromatic hydroxyl groups is 1. The van der Waals surface area contributed by atoms with E-state index in [4.69, 9.17) is 14.1 Å². The molecule has 0 saturated carbocycles. The van der Waals surface area contributed by atoms with Crippen LogP contribution in [0, 0.1) is 12.9 Å². The Kier molecular flexibility index (Phi) is 7.98. The first kappa shape index (κ1) is 31.0. The summed E-state index contributed by atoms with van der Waals surface area (Å²) in [6, 6.07) is 60.1. The first-order valence-electron chi connectivity index (χ1n) is 19.5. The molecule has 1 aliphatic rings. The third-order valence-electron chi connectivity index (χ3n) is 10.5. The number of pyridine rings is 1. The Bertz CT molecular complexity index is 2960. The number of aryl methyl sites for hydroxylation is 1. The van der Waals surface area contributed by atoms with Gasteiger partial charge in [-0.05, 0) is 71.1 Å². The van der Waals surface area contributed by atoms with Crippen LogP contribution in [0.4, 0.5) is 0 Å². The van der Waals surface area contributed by atoms with Gasteiger partial charge in [-0.25, -0.2) is 4.98 Å². The van der Waals surface area contributed by atoms with Gasteiger partial charge in [-0.1, -0.05) is 155 Å². The van der Waals surface area contributed by atoms with Crippen molar-refractivity contribution in [1.82, 2.24) is 14.5 Å². The van der Waals surface area contributed by atoms with Crippen molar-refractivity contribution in [2.75, 3.05) is 0 Å². The maximum atomic E-state index is 11.1. The van der Waals surface area contributed by atoms with Gasteiger partial charge in [0.2, 0.25) is 0 Å². The minimum absolute atomic E-state index is 0. The van der Waals surface area contributed by atoms with Crippen LogP contribution >= 0.6 is 0 Å². The number of benzene rings is 7. The molecular weight excluding hydrogens is 854 g/mol. The van der Waals surface area contributed by atoms with Crippen LogP contribution in [0.3, 0.4) is 0 Å². The molecule has 0 radical (unpaired) electrons. The van der Waals surface area contributed by atoms with E-state index in [2.05, 4.69) is 95.6 Å². The number of phenols is 1. The summed E-state index contributed by atoms with van der Waals surface area (Å²) in [5.41, 5.74) is 14.6. The number of fused-ring (bicyclic) bond motifs is 4. The van der Waals surface area contributed by atoms with E-state index in [1.165, 1.54) is 11.1 Å². The van der Waals surface area contributed by atoms with Crippen molar-refractivity contribution in [3.8, 4) is 67.5 Å². The van der Waals surface area contributed by atoms with Crippen LogP contribution in [0.5, 0.6) is 5.75 Å². The predicted molar refractivity (Wildman–Crippen MR) is 219 cm³/mol. The van der Waals surface area contributed by atoms with Crippen molar-refractivity contribution in [3.05, 3.63) is 204 Å². The van der Waals surface area contributed by atoms with Gasteiger partial charge in [0.05, 0.1) is 16.6 Å². The molecule has 0 amide bonds. The summed E-state index contributed by atoms with van der Waals surface area (Å²) in [5, 5.41) is 11.1. The smallest absolute Gasteiger partial charge is 0.148 e. The molecule has 55 heavy (non-hydrogen) atoms. The van der Waals surface area contributed by atoms with Crippen LogP contribution in [-0.4, -0.2) is 19.6 Å². The quantitative estimate of drug-likeness (QED) is 0.169. The molecule has 10 rings (SSSR count). The molecule has 0 bridgehead atoms. The minimum atomic E-state index is -2.17. The summed E-state index contributed by atoms with van der Waals surface area (Å²) in [4.78, 5) is 10.3. The zero-order chi connectivity index (χ0) is 38.7. The number of para-hydroxylation sites is 3. The first-order valence-corrected chi connectivity index (χ1v) is 18.0. The van der Waals surface area contributed by atoms with E-state index >= 15 is 0 Å². The third-order valence-corrected chi connectivity index (χ3v) is 10.5. The molecule has 0 aliphatic heterocycles. The monoisotopic (exact) mass is 890 g/mol. The van der Waals surface area contributed by atoms with Crippen LogP contribution < -0.4 is 0 Å². The van der Waals surface area contributed by atoms with Gasteiger partial charge in [-0.3, -0.25) is 9.55 Å². The topological polar surface area (TPSA) is 50.9 Å². The summed E-state index contributed by atoms with van der Waals surface area (Å²) in [6.45, 7) is -2.17. The van der Waals surface area contributed by atoms with E-state index in [-0.39, 0.29) is 32.7 Å². The Morgan fingerprint density at radius 2 is 1.36 bits per heavy atom. The average Bonchev–Trinajstić information content (AvgIpc) is 3.80. The van der Waals surface area contributed by atoms with Crippen molar-refractivity contribution >= 4 is 11.0 Å². The van der Waals surface area contributed by atoms with Gasteiger partial charge >= 0.3 is 0 Å². The molecule has 2 aromatic heterocycles. The van der Waals surface area contributed by atoms with E-state index in [1.54, 1.807) is 24.4 Å². The second-order valence-electron chi connectivity index (χ2n) is 13.6. The molecule has 0 spiro atoms. The second kappa shape index (κ2) is 14.1. The van der Waals surface area contributed by atoms with Gasteiger partial charge in [0.1, 0.15) is 11.6 Å². The number of hydrogen-bond acceptors (Lipinski definition) is 3. The van der Waals surface area contributed by atoms with Crippen LogP contribution in [-0.2, 0) is 21.1 Å². The van der Waals surface area contributed by atoms with Gasteiger partial charge in [-0.2, -0.15) is 0 Å². The molecule has 0 saturated heterocycles. The van der Waals surface area contributed by atoms with Crippen molar-refractivity contribution in [3.63, 3.8) is 0 Å². The Balaban J connectivity index is 0.00000436. The molecular formula is C50H34N3OPt-. The van der Waals surface area contributed by atoms with Crippen LogP contribution in [0.15, 0.2) is 176 Å². The van der Waals surface area contributed by atoms with Crippen LogP contribution in [0.2, 0.25) is 0 Å². The van der Waals surface area contributed by atoms with E-state index in [0.717, 1.165) is 66.9 Å². The summed E-state index contributed by atoms with van der Waals surface area (Å²) >= 11 is 0. The molecule has 1 N–H and O–H groups in total. The Morgan fingerprint density at radius 3 is 2.15 bits per heavy atom. The van der Waals surface area contributed by atoms with E-state index in [1.807, 2.05) is 66.7 Å². The van der Waals surface area contributed by atoms with Crippen molar-refractivity contribution in [1.29, 1.82) is 0 Å². The van der Waals surface area contributed by atoms with Crippen LogP contribution in [0.1, 0.15) is 32.3 Å². The summed E-state index contributed by atoms with van der Waals surface area (Å²) in [7, 11) is 0. The molecule has 4 nitrogen and oxygen atoms in total. The van der Waals surface area contributed by atoms with E-state index < -0.39 is 6.85 Å². The van der Waals surface area contributed by atoms with E-state index in [9.17, 15) is 5.11 Å². The molecule has 5 heteroatoms. The van der Waals surface area contributed by atoms with Crippen molar-refractivity contribution in [2.45, 2.75) is 12.8 Å². The summed E-state index contributed by atoms with van der Waals surface area (Å²) in [5.74, 6) is 0.758. The maximum absolute atomic E-state index is 11.1. The fourth-order valence-corrected chi connectivity index (χ4v) is 8.01. The maximum Gasteiger partial charge on any atom is 0.148 e. The molecule has 9 aromatic rings. The predicted octanol–water partition coefficient (Wildman–Crippen LogP) is 12.1. The molecule has 1 aliphatic carbocycles. The zero-order valence-electron chi connectivity index (χ0n) is 32.4.